The van der Waals surface area contributed by atoms with Crippen molar-refractivity contribution in [2.45, 2.75) is 148 Å². The van der Waals surface area contributed by atoms with E-state index in [0.29, 0.717) is 13.0 Å². The average molecular weight is 696 g/mol. The lowest BCUT2D eigenvalue weighted by Crippen LogP contribution is -2.63. The topological polar surface area (TPSA) is 180 Å². The van der Waals surface area contributed by atoms with Gasteiger partial charge in [-0.2, -0.15) is 0 Å². The Morgan fingerprint density at radius 2 is 1.52 bits per heavy atom. The zero-order valence-electron chi connectivity index (χ0n) is 30.5. The number of rotatable bonds is 16. The molecule has 0 aliphatic heterocycles. The van der Waals surface area contributed by atoms with Crippen molar-refractivity contribution in [1.29, 1.82) is 0 Å². The van der Waals surface area contributed by atoms with Crippen LogP contribution in [0.4, 0.5) is 0 Å². The minimum absolute atomic E-state index is 0.00506. The molecule has 0 radical (unpaired) electrons. The molecule has 3 fully saturated rings. The molecule has 0 saturated heterocycles. The van der Waals surface area contributed by atoms with Crippen molar-refractivity contribution in [1.82, 2.24) is 36.1 Å². The third kappa shape index (κ3) is 10.8. The summed E-state index contributed by atoms with van der Waals surface area (Å²) >= 11 is 0. The molecule has 13 heteroatoms. The largest absolute Gasteiger partial charge is 0.347 e. The zero-order chi connectivity index (χ0) is 36.4. The van der Waals surface area contributed by atoms with E-state index < -0.39 is 64.9 Å². The van der Waals surface area contributed by atoms with Gasteiger partial charge in [0.05, 0.1) is 12.2 Å². The summed E-state index contributed by atoms with van der Waals surface area (Å²) in [6, 6.07) is -3.90. The molecule has 1 unspecified atom stereocenters. The highest BCUT2D eigenvalue weighted by Gasteiger charge is 2.42. The van der Waals surface area contributed by atoms with Crippen LogP contribution in [-0.2, 0) is 24.0 Å². The van der Waals surface area contributed by atoms with E-state index >= 15 is 0 Å². The highest BCUT2D eigenvalue weighted by Crippen LogP contribution is 2.30. The maximum atomic E-state index is 14.7. The van der Waals surface area contributed by atoms with E-state index in [1.54, 1.807) is 6.92 Å². The molecule has 1 aromatic rings. The lowest BCUT2D eigenvalue weighted by atomic mass is 9.82. The predicted molar refractivity (Wildman–Crippen MR) is 187 cm³/mol. The molecule has 0 spiro atoms. The van der Waals surface area contributed by atoms with Gasteiger partial charge in [0.1, 0.15) is 23.8 Å². The van der Waals surface area contributed by atoms with Gasteiger partial charge < -0.3 is 26.2 Å². The SMILES string of the molecule is CCC[C@H](NC(=O)[C@H](C)N(CC1CCCC1)C(=O)C(NC(=O)[C@@H](NC(=O)c1cnccn1)C1CCCCC1)C(C)(C)C)C(=O)C(=O)NC1CC1. The molecular weight excluding hydrogens is 638 g/mol. The van der Waals surface area contributed by atoms with Gasteiger partial charge in [0.2, 0.25) is 23.5 Å². The van der Waals surface area contributed by atoms with E-state index in [1.807, 2.05) is 27.7 Å². The molecule has 4 atom stereocenters. The number of nitrogens with zero attached hydrogens (tertiary/aromatic N) is 3. The summed E-state index contributed by atoms with van der Waals surface area (Å²) in [5.41, 5.74) is -0.665. The first kappa shape index (κ1) is 38.9. The third-order valence-electron chi connectivity index (χ3n) is 10.3. The second kappa shape index (κ2) is 17.8. The maximum absolute atomic E-state index is 14.7. The minimum Gasteiger partial charge on any atom is -0.347 e. The van der Waals surface area contributed by atoms with Gasteiger partial charge >= 0.3 is 0 Å². The lowest BCUT2D eigenvalue weighted by Gasteiger charge is -2.39. The molecule has 276 valence electrons. The molecule has 3 aliphatic carbocycles. The summed E-state index contributed by atoms with van der Waals surface area (Å²) in [5.74, 6) is -3.25. The number of amides is 5. The van der Waals surface area contributed by atoms with Crippen molar-refractivity contribution < 1.29 is 28.8 Å². The number of ketones is 1. The van der Waals surface area contributed by atoms with Crippen molar-refractivity contribution in [2.75, 3.05) is 6.54 Å². The Bertz CT molecular complexity index is 1350. The molecular formula is C37H57N7O6. The first-order chi connectivity index (χ1) is 23.8. The molecule has 4 N–H and O–H groups in total. The van der Waals surface area contributed by atoms with Crippen LogP contribution in [0.25, 0.3) is 0 Å². The van der Waals surface area contributed by atoms with Crippen molar-refractivity contribution in [2.24, 2.45) is 17.3 Å². The van der Waals surface area contributed by atoms with Gasteiger partial charge in [0.25, 0.3) is 11.8 Å². The Morgan fingerprint density at radius 1 is 0.860 bits per heavy atom. The second-order valence-corrected chi connectivity index (χ2v) is 15.5. The standard InChI is InChI=1S/C37H57N7O6/c1-6-12-27(30(45)35(49)40-26-17-18-26)41-32(46)23(2)44(22-24-13-10-11-14-24)36(50)31(37(3,4)5)43-34(48)29(25-15-8-7-9-16-25)42-33(47)28-21-38-19-20-39-28/h19-21,23-27,29,31H,6-18,22H2,1-5H3,(H,40,49)(H,41,46)(H,42,47)(H,43,48)/t23-,27-,29-,31?/m0/s1. The molecule has 0 bridgehead atoms. The maximum Gasteiger partial charge on any atom is 0.289 e. The Labute approximate surface area is 296 Å². The van der Waals surface area contributed by atoms with Gasteiger partial charge in [-0.25, -0.2) is 4.98 Å². The van der Waals surface area contributed by atoms with E-state index in [1.165, 1.54) is 23.5 Å². The fourth-order valence-electron chi connectivity index (χ4n) is 7.09. The summed E-state index contributed by atoms with van der Waals surface area (Å²) in [7, 11) is 0. The zero-order valence-corrected chi connectivity index (χ0v) is 30.5. The molecule has 5 amide bonds. The minimum atomic E-state index is -1.02. The first-order valence-electron chi connectivity index (χ1n) is 18.6. The molecule has 50 heavy (non-hydrogen) atoms. The van der Waals surface area contributed by atoms with Gasteiger partial charge in [-0.05, 0) is 69.1 Å². The van der Waals surface area contributed by atoms with Crippen LogP contribution >= 0.6 is 0 Å². The number of carbonyl (C=O) groups excluding carboxylic acids is 6. The van der Waals surface area contributed by atoms with Gasteiger partial charge in [-0.3, -0.25) is 33.8 Å². The fraction of sp³-hybridized carbons (Fsp3) is 0.730. The normalized spacial score (nSPS) is 19.4. The first-order valence-corrected chi connectivity index (χ1v) is 18.6. The summed E-state index contributed by atoms with van der Waals surface area (Å²) < 4.78 is 0. The summed E-state index contributed by atoms with van der Waals surface area (Å²) in [4.78, 5) is 91.2. The molecule has 0 aromatic carbocycles. The highest BCUT2D eigenvalue weighted by molar-refractivity contribution is 6.38. The fourth-order valence-corrected chi connectivity index (χ4v) is 7.09. The van der Waals surface area contributed by atoms with Crippen molar-refractivity contribution in [3.8, 4) is 0 Å². The van der Waals surface area contributed by atoms with Gasteiger partial charge in [-0.1, -0.05) is 66.2 Å². The van der Waals surface area contributed by atoms with Gasteiger partial charge in [0.15, 0.2) is 0 Å². The Hall–Kier alpha value is -3.90. The quantitative estimate of drug-likeness (QED) is 0.190. The van der Waals surface area contributed by atoms with Crippen LogP contribution in [0.5, 0.6) is 0 Å². The number of nitrogens with one attached hydrogen (secondary N) is 4. The smallest absolute Gasteiger partial charge is 0.289 e. The number of carbonyl (C=O) groups is 6. The number of Topliss-reactive ketones (excluding diaryl/α,β-unsaturated/α-hetero) is 1. The Kier molecular flexibility index (Phi) is 13.9. The average Bonchev–Trinajstić information content (AvgIpc) is 3.76. The summed E-state index contributed by atoms with van der Waals surface area (Å²) in [6.07, 6.45) is 15.1. The van der Waals surface area contributed by atoms with Crippen LogP contribution in [0.3, 0.4) is 0 Å². The van der Waals surface area contributed by atoms with Crippen molar-refractivity contribution >= 4 is 35.3 Å². The lowest BCUT2D eigenvalue weighted by molar-refractivity contribution is -0.147. The van der Waals surface area contributed by atoms with Gasteiger partial charge in [0, 0.05) is 25.0 Å². The van der Waals surface area contributed by atoms with E-state index in [0.717, 1.165) is 70.6 Å². The number of hydrogen-bond acceptors (Lipinski definition) is 8. The monoisotopic (exact) mass is 695 g/mol. The second-order valence-electron chi connectivity index (χ2n) is 15.5. The Morgan fingerprint density at radius 3 is 2.10 bits per heavy atom. The molecule has 1 aromatic heterocycles. The molecule has 13 nitrogen and oxygen atoms in total. The summed E-state index contributed by atoms with van der Waals surface area (Å²) in [6.45, 7) is 9.40. The third-order valence-corrected chi connectivity index (χ3v) is 10.3. The van der Waals surface area contributed by atoms with Crippen LogP contribution in [0.15, 0.2) is 18.6 Å². The van der Waals surface area contributed by atoms with E-state index in [-0.39, 0.29) is 30.0 Å². The van der Waals surface area contributed by atoms with E-state index in [9.17, 15) is 28.8 Å². The van der Waals surface area contributed by atoms with Crippen LogP contribution in [0, 0.1) is 17.3 Å². The number of hydrogen-bond donors (Lipinski definition) is 4. The van der Waals surface area contributed by atoms with Crippen molar-refractivity contribution in [3.05, 3.63) is 24.3 Å². The molecule has 4 rings (SSSR count). The van der Waals surface area contributed by atoms with Crippen LogP contribution in [-0.4, -0.2) is 86.9 Å². The summed E-state index contributed by atoms with van der Waals surface area (Å²) in [5, 5.41) is 11.4. The van der Waals surface area contributed by atoms with E-state index in [2.05, 4.69) is 31.2 Å². The molecule has 3 aliphatic rings. The van der Waals surface area contributed by atoms with Crippen LogP contribution < -0.4 is 21.3 Å². The predicted octanol–water partition coefficient (Wildman–Crippen LogP) is 3.23. The molecule has 1 heterocycles. The highest BCUT2D eigenvalue weighted by atomic mass is 16.2. The number of aromatic nitrogens is 2. The Balaban J connectivity index is 1.56. The van der Waals surface area contributed by atoms with E-state index in [4.69, 9.17) is 0 Å². The van der Waals surface area contributed by atoms with Crippen LogP contribution in [0.1, 0.15) is 129 Å². The van der Waals surface area contributed by atoms with Gasteiger partial charge in [-0.15, -0.1) is 0 Å². The molecule has 3 saturated carbocycles. The van der Waals surface area contributed by atoms with Crippen LogP contribution in [0.2, 0.25) is 0 Å². The van der Waals surface area contributed by atoms with Crippen molar-refractivity contribution in [3.63, 3.8) is 0 Å².